The van der Waals surface area contributed by atoms with Gasteiger partial charge in [-0.15, -0.1) is 0 Å². The number of anilines is 1. The van der Waals surface area contributed by atoms with Crippen molar-refractivity contribution in [3.05, 3.63) is 47.5 Å². The molecular formula is C16H18ClNO3. The summed E-state index contributed by atoms with van der Waals surface area (Å²) in [7, 11) is 0. The first-order valence-electron chi connectivity index (χ1n) is 6.73. The van der Waals surface area contributed by atoms with E-state index in [-0.39, 0.29) is 0 Å². The number of para-hydroxylation sites is 2. The number of rotatable bonds is 7. The molecule has 21 heavy (non-hydrogen) atoms. The fraction of sp³-hybridized carbons (Fsp3) is 0.250. The second-order valence-electron chi connectivity index (χ2n) is 4.26. The van der Waals surface area contributed by atoms with Gasteiger partial charge in [-0.05, 0) is 31.2 Å². The molecule has 2 N–H and O–H groups in total. The van der Waals surface area contributed by atoms with E-state index < -0.39 is 0 Å². The molecule has 2 aromatic rings. The molecule has 2 aromatic carbocycles. The molecule has 0 atom stereocenters. The van der Waals surface area contributed by atoms with E-state index in [4.69, 9.17) is 31.5 Å². The zero-order valence-electron chi connectivity index (χ0n) is 11.8. The van der Waals surface area contributed by atoms with E-state index in [2.05, 4.69) is 0 Å². The number of halogens is 1. The fourth-order valence-corrected chi connectivity index (χ4v) is 1.92. The van der Waals surface area contributed by atoms with E-state index >= 15 is 0 Å². The molecule has 4 nitrogen and oxygen atoms in total. The van der Waals surface area contributed by atoms with Gasteiger partial charge in [0, 0.05) is 6.07 Å². The molecule has 0 aliphatic rings. The normalized spacial score (nSPS) is 10.2. The van der Waals surface area contributed by atoms with Gasteiger partial charge in [0.15, 0.2) is 11.5 Å². The minimum absolute atomic E-state index is 0.403. The van der Waals surface area contributed by atoms with Crippen LogP contribution in [-0.4, -0.2) is 19.8 Å². The second kappa shape index (κ2) is 7.64. The van der Waals surface area contributed by atoms with Crippen molar-refractivity contribution in [2.45, 2.75) is 6.92 Å². The van der Waals surface area contributed by atoms with Crippen LogP contribution < -0.4 is 19.9 Å². The molecule has 2 rings (SSSR count). The van der Waals surface area contributed by atoms with Gasteiger partial charge in [-0.1, -0.05) is 23.7 Å². The minimum Gasteiger partial charge on any atom is -0.490 e. The van der Waals surface area contributed by atoms with Crippen molar-refractivity contribution in [2.24, 2.45) is 0 Å². The van der Waals surface area contributed by atoms with E-state index in [1.165, 1.54) is 0 Å². The summed E-state index contributed by atoms with van der Waals surface area (Å²) in [5.41, 5.74) is 6.17. The van der Waals surface area contributed by atoms with Crippen molar-refractivity contribution in [1.82, 2.24) is 0 Å². The zero-order chi connectivity index (χ0) is 15.1. The monoisotopic (exact) mass is 307 g/mol. The highest BCUT2D eigenvalue weighted by molar-refractivity contribution is 6.33. The molecular weight excluding hydrogens is 290 g/mol. The number of nitrogens with two attached hydrogens (primary N) is 1. The van der Waals surface area contributed by atoms with Gasteiger partial charge in [0.05, 0.1) is 17.3 Å². The lowest BCUT2D eigenvalue weighted by Crippen LogP contribution is -2.09. The largest absolute Gasteiger partial charge is 0.490 e. The summed E-state index contributed by atoms with van der Waals surface area (Å²) in [6.07, 6.45) is 0. The lowest BCUT2D eigenvalue weighted by molar-refractivity contribution is 0.208. The third-order valence-corrected chi connectivity index (χ3v) is 3.06. The van der Waals surface area contributed by atoms with Crippen LogP contribution in [0.3, 0.4) is 0 Å². The Morgan fingerprint density at radius 1 is 0.952 bits per heavy atom. The Labute approximate surface area is 129 Å². The van der Waals surface area contributed by atoms with Gasteiger partial charge in [-0.3, -0.25) is 0 Å². The Bertz CT molecular complexity index is 589. The van der Waals surface area contributed by atoms with Gasteiger partial charge in [0.25, 0.3) is 0 Å². The van der Waals surface area contributed by atoms with Gasteiger partial charge in [-0.2, -0.15) is 0 Å². The van der Waals surface area contributed by atoms with Crippen molar-refractivity contribution in [3.63, 3.8) is 0 Å². The second-order valence-corrected chi connectivity index (χ2v) is 4.67. The summed E-state index contributed by atoms with van der Waals surface area (Å²) in [6.45, 7) is 3.35. The highest BCUT2D eigenvalue weighted by Crippen LogP contribution is 2.26. The van der Waals surface area contributed by atoms with Crippen LogP contribution in [0.5, 0.6) is 17.2 Å². The molecule has 112 valence electrons. The Balaban J connectivity index is 1.83. The Morgan fingerprint density at radius 3 is 2.29 bits per heavy atom. The molecule has 0 saturated heterocycles. The maximum Gasteiger partial charge on any atom is 0.161 e. The highest BCUT2D eigenvalue weighted by atomic mass is 35.5. The third-order valence-electron chi connectivity index (χ3n) is 2.73. The average Bonchev–Trinajstić information content (AvgIpc) is 2.49. The first-order chi connectivity index (χ1) is 10.2. The number of benzene rings is 2. The molecule has 0 fully saturated rings. The van der Waals surface area contributed by atoms with Crippen LogP contribution in [0, 0.1) is 0 Å². The number of hydrogen-bond donors (Lipinski definition) is 1. The Morgan fingerprint density at radius 2 is 1.62 bits per heavy atom. The molecule has 5 heteroatoms. The SMILES string of the molecule is CCOc1ccccc1OCCOc1ccc(N)c(Cl)c1. The van der Waals surface area contributed by atoms with Crippen LogP contribution in [-0.2, 0) is 0 Å². The van der Waals surface area contributed by atoms with Crippen LogP contribution in [0.4, 0.5) is 5.69 Å². The topological polar surface area (TPSA) is 53.7 Å². The molecule has 0 spiro atoms. The Kier molecular flexibility index (Phi) is 5.58. The molecule has 0 unspecified atom stereocenters. The summed E-state index contributed by atoms with van der Waals surface area (Å²) < 4.78 is 16.7. The van der Waals surface area contributed by atoms with Crippen molar-refractivity contribution in [1.29, 1.82) is 0 Å². The number of nitrogen functional groups attached to an aromatic ring is 1. The van der Waals surface area contributed by atoms with Crippen LogP contribution in [0.1, 0.15) is 6.92 Å². The summed E-state index contributed by atoms with van der Waals surface area (Å²) >= 11 is 5.93. The smallest absolute Gasteiger partial charge is 0.161 e. The Hall–Kier alpha value is -2.07. The highest BCUT2D eigenvalue weighted by Gasteiger charge is 2.04. The zero-order valence-corrected chi connectivity index (χ0v) is 12.6. The summed E-state index contributed by atoms with van der Waals surface area (Å²) in [4.78, 5) is 0. The molecule has 0 aromatic heterocycles. The number of ether oxygens (including phenoxy) is 3. The van der Waals surface area contributed by atoms with Gasteiger partial charge in [0.2, 0.25) is 0 Å². The standard InChI is InChI=1S/C16H18ClNO3/c1-2-19-15-5-3-4-6-16(15)21-10-9-20-12-7-8-14(18)13(17)11-12/h3-8,11H,2,9-10,18H2,1H3. The predicted octanol–water partition coefficient (Wildman–Crippen LogP) is 3.78. The third kappa shape index (κ3) is 4.46. The lowest BCUT2D eigenvalue weighted by Gasteiger charge is -2.12. The first kappa shape index (κ1) is 15.3. The molecule has 0 radical (unpaired) electrons. The van der Waals surface area contributed by atoms with E-state index in [1.807, 2.05) is 31.2 Å². The molecule has 0 bridgehead atoms. The molecule has 0 heterocycles. The van der Waals surface area contributed by atoms with Gasteiger partial charge in [0.1, 0.15) is 19.0 Å². The van der Waals surface area contributed by atoms with Crippen molar-refractivity contribution in [2.75, 3.05) is 25.6 Å². The molecule has 0 amide bonds. The van der Waals surface area contributed by atoms with Gasteiger partial charge in [-0.25, -0.2) is 0 Å². The first-order valence-corrected chi connectivity index (χ1v) is 7.11. The van der Waals surface area contributed by atoms with Crippen LogP contribution in [0.15, 0.2) is 42.5 Å². The minimum atomic E-state index is 0.403. The van der Waals surface area contributed by atoms with Crippen LogP contribution >= 0.6 is 11.6 Å². The molecule has 0 aliphatic carbocycles. The maximum atomic E-state index is 5.93. The summed E-state index contributed by atoms with van der Waals surface area (Å²) in [6, 6.07) is 12.7. The van der Waals surface area contributed by atoms with E-state index in [0.29, 0.717) is 42.0 Å². The predicted molar refractivity (Wildman–Crippen MR) is 84.5 cm³/mol. The van der Waals surface area contributed by atoms with Crippen LogP contribution in [0.2, 0.25) is 5.02 Å². The van der Waals surface area contributed by atoms with Crippen molar-refractivity contribution in [3.8, 4) is 17.2 Å². The van der Waals surface area contributed by atoms with E-state index in [1.54, 1.807) is 18.2 Å². The lowest BCUT2D eigenvalue weighted by atomic mass is 10.3. The van der Waals surface area contributed by atoms with Crippen molar-refractivity contribution >= 4 is 17.3 Å². The maximum absolute atomic E-state index is 5.93. The van der Waals surface area contributed by atoms with Gasteiger partial charge < -0.3 is 19.9 Å². The molecule has 0 saturated carbocycles. The van der Waals surface area contributed by atoms with E-state index in [9.17, 15) is 0 Å². The summed E-state index contributed by atoms with van der Waals surface area (Å²) in [5.74, 6) is 2.10. The quantitative estimate of drug-likeness (QED) is 0.625. The van der Waals surface area contributed by atoms with Crippen LogP contribution in [0.25, 0.3) is 0 Å². The van der Waals surface area contributed by atoms with E-state index in [0.717, 1.165) is 5.75 Å². The molecule has 0 aliphatic heterocycles. The average molecular weight is 308 g/mol. The number of hydrogen-bond acceptors (Lipinski definition) is 4. The summed E-state index contributed by atoms with van der Waals surface area (Å²) in [5, 5.41) is 0.482. The van der Waals surface area contributed by atoms with Gasteiger partial charge >= 0.3 is 0 Å². The fourth-order valence-electron chi connectivity index (χ4n) is 1.75. The van der Waals surface area contributed by atoms with Crippen molar-refractivity contribution < 1.29 is 14.2 Å².